The van der Waals surface area contributed by atoms with Crippen LogP contribution in [0.4, 0.5) is 5.69 Å². The van der Waals surface area contributed by atoms with Gasteiger partial charge in [-0.05, 0) is 50.1 Å². The lowest BCUT2D eigenvalue weighted by atomic mass is 10.0. The number of anilines is 1. The fourth-order valence-electron chi connectivity index (χ4n) is 4.72. The second-order valence-electron chi connectivity index (χ2n) is 8.55. The number of halogens is 2. The van der Waals surface area contributed by atoms with Crippen LogP contribution in [0, 0.1) is 0 Å². The molecule has 2 heterocycles. The number of para-hydroxylation sites is 2. The molecule has 8 heteroatoms. The van der Waals surface area contributed by atoms with E-state index in [1.807, 2.05) is 46.7 Å². The molecular weight excluding hydrogens is 459 g/mol. The number of carbonyl (C=O) groups excluding carboxylic acids is 1. The van der Waals surface area contributed by atoms with Gasteiger partial charge < -0.3 is 9.80 Å². The maximum Gasteiger partial charge on any atom is 0.333 e. The summed E-state index contributed by atoms with van der Waals surface area (Å²) in [5.74, 6) is -0.00834. The van der Waals surface area contributed by atoms with Crippen molar-refractivity contribution in [3.8, 4) is 0 Å². The first-order chi connectivity index (χ1) is 15.8. The Hall–Kier alpha value is -2.54. The standard InChI is InChI=1S/C25H28Cl2N4O2/c1-17(2)30-24-7-5-4-6-23(24)29(25(30)33)15-14-28-12-10-19(11-13-28)31(18(3)32)20-8-9-21(26)22(27)16-20/h4-9,16,19H,1,10-15H2,2-3H3. The van der Waals surface area contributed by atoms with E-state index in [1.165, 1.54) is 0 Å². The third-order valence-corrected chi connectivity index (χ3v) is 7.04. The molecule has 1 aromatic heterocycles. The number of benzene rings is 2. The number of allylic oxidation sites excluding steroid dienone is 1. The Bertz CT molecular complexity index is 1260. The van der Waals surface area contributed by atoms with Crippen LogP contribution < -0.4 is 10.6 Å². The number of imidazole rings is 1. The van der Waals surface area contributed by atoms with E-state index in [-0.39, 0.29) is 17.6 Å². The first kappa shape index (κ1) is 23.6. The van der Waals surface area contributed by atoms with Crippen molar-refractivity contribution in [3.05, 3.63) is 69.6 Å². The lowest BCUT2D eigenvalue weighted by Crippen LogP contribution is -2.47. The van der Waals surface area contributed by atoms with Crippen molar-refractivity contribution in [2.75, 3.05) is 24.5 Å². The van der Waals surface area contributed by atoms with Crippen LogP contribution in [0.25, 0.3) is 16.7 Å². The SMILES string of the molecule is C=C(C)n1c(=O)n(CCN2CCC(N(C(C)=O)c3ccc(Cl)c(Cl)c3)CC2)c2ccccc21. The maximum absolute atomic E-state index is 13.0. The van der Waals surface area contributed by atoms with Gasteiger partial charge in [-0.3, -0.25) is 13.9 Å². The van der Waals surface area contributed by atoms with Gasteiger partial charge in [-0.15, -0.1) is 0 Å². The summed E-state index contributed by atoms with van der Waals surface area (Å²) in [6.45, 7) is 10.5. The van der Waals surface area contributed by atoms with Gasteiger partial charge in [0.1, 0.15) is 0 Å². The van der Waals surface area contributed by atoms with Crippen molar-refractivity contribution in [2.24, 2.45) is 0 Å². The van der Waals surface area contributed by atoms with Gasteiger partial charge in [-0.25, -0.2) is 4.79 Å². The van der Waals surface area contributed by atoms with Crippen LogP contribution in [0.3, 0.4) is 0 Å². The Morgan fingerprint density at radius 2 is 1.70 bits per heavy atom. The molecule has 6 nitrogen and oxygen atoms in total. The predicted molar refractivity (Wildman–Crippen MR) is 136 cm³/mol. The number of fused-ring (bicyclic) bond motifs is 1. The monoisotopic (exact) mass is 486 g/mol. The van der Waals surface area contributed by atoms with Gasteiger partial charge in [0, 0.05) is 50.5 Å². The minimum Gasteiger partial charge on any atom is -0.309 e. The van der Waals surface area contributed by atoms with Gasteiger partial charge in [0.25, 0.3) is 0 Å². The highest BCUT2D eigenvalue weighted by Crippen LogP contribution is 2.30. The van der Waals surface area contributed by atoms with E-state index in [0.717, 1.165) is 49.2 Å². The van der Waals surface area contributed by atoms with Crippen LogP contribution in [-0.2, 0) is 11.3 Å². The molecule has 0 N–H and O–H groups in total. The molecule has 174 valence electrons. The molecule has 0 radical (unpaired) electrons. The smallest absolute Gasteiger partial charge is 0.309 e. The largest absolute Gasteiger partial charge is 0.333 e. The first-order valence-corrected chi connectivity index (χ1v) is 11.9. The summed E-state index contributed by atoms with van der Waals surface area (Å²) in [7, 11) is 0. The highest BCUT2D eigenvalue weighted by molar-refractivity contribution is 6.42. The lowest BCUT2D eigenvalue weighted by molar-refractivity contribution is -0.117. The predicted octanol–water partition coefficient (Wildman–Crippen LogP) is 5.12. The topological polar surface area (TPSA) is 50.5 Å². The summed E-state index contributed by atoms with van der Waals surface area (Å²) >= 11 is 12.2. The van der Waals surface area contributed by atoms with E-state index in [4.69, 9.17) is 23.2 Å². The molecule has 0 spiro atoms. The molecule has 0 bridgehead atoms. The Kier molecular flexibility index (Phi) is 6.98. The van der Waals surface area contributed by atoms with E-state index in [0.29, 0.717) is 22.3 Å². The number of carbonyl (C=O) groups is 1. The third kappa shape index (κ3) is 4.74. The molecule has 3 aromatic rings. The average molecular weight is 487 g/mol. The zero-order valence-electron chi connectivity index (χ0n) is 18.9. The third-order valence-electron chi connectivity index (χ3n) is 6.30. The molecule has 0 aliphatic carbocycles. The van der Waals surface area contributed by atoms with Crippen molar-refractivity contribution >= 4 is 51.5 Å². The molecule has 1 saturated heterocycles. The van der Waals surface area contributed by atoms with Gasteiger partial charge in [-0.2, -0.15) is 0 Å². The number of likely N-dealkylation sites (tertiary alicyclic amines) is 1. The number of piperidine rings is 1. The van der Waals surface area contributed by atoms with E-state index >= 15 is 0 Å². The number of amides is 1. The van der Waals surface area contributed by atoms with Gasteiger partial charge in [0.05, 0.1) is 21.1 Å². The number of nitrogens with zero attached hydrogens (tertiary/aromatic N) is 4. The highest BCUT2D eigenvalue weighted by Gasteiger charge is 2.28. The van der Waals surface area contributed by atoms with Crippen molar-refractivity contribution in [1.29, 1.82) is 0 Å². The summed E-state index contributed by atoms with van der Waals surface area (Å²) in [6.07, 6.45) is 1.70. The first-order valence-electron chi connectivity index (χ1n) is 11.1. The van der Waals surface area contributed by atoms with Gasteiger partial charge in [0.15, 0.2) is 0 Å². The molecular formula is C25H28Cl2N4O2. The zero-order chi connectivity index (χ0) is 23.7. The van der Waals surface area contributed by atoms with Gasteiger partial charge >= 0.3 is 5.69 Å². The van der Waals surface area contributed by atoms with Crippen molar-refractivity contribution in [1.82, 2.24) is 14.0 Å². The maximum atomic E-state index is 13.0. The molecule has 1 amide bonds. The van der Waals surface area contributed by atoms with Crippen molar-refractivity contribution in [2.45, 2.75) is 39.3 Å². The van der Waals surface area contributed by atoms with E-state index in [1.54, 1.807) is 23.6 Å². The minimum atomic E-state index is -0.0547. The lowest BCUT2D eigenvalue weighted by Gasteiger charge is -2.38. The molecule has 1 aliphatic rings. The van der Waals surface area contributed by atoms with Crippen LogP contribution in [0.5, 0.6) is 0 Å². The zero-order valence-corrected chi connectivity index (χ0v) is 20.4. The Labute approximate surface area is 203 Å². The molecule has 0 unspecified atom stereocenters. The van der Waals surface area contributed by atoms with Crippen LogP contribution in [0.15, 0.2) is 53.8 Å². The molecule has 1 aliphatic heterocycles. The molecule has 33 heavy (non-hydrogen) atoms. The van der Waals surface area contributed by atoms with Crippen LogP contribution in [0.2, 0.25) is 10.0 Å². The second-order valence-corrected chi connectivity index (χ2v) is 9.37. The van der Waals surface area contributed by atoms with Gasteiger partial charge in [0.2, 0.25) is 5.91 Å². The Morgan fingerprint density at radius 1 is 1.03 bits per heavy atom. The minimum absolute atomic E-state index is 0.00834. The van der Waals surface area contributed by atoms with Crippen molar-refractivity contribution in [3.63, 3.8) is 0 Å². The summed E-state index contributed by atoms with van der Waals surface area (Å²) in [4.78, 5) is 29.6. The number of hydrogen-bond acceptors (Lipinski definition) is 3. The number of rotatable bonds is 6. The second kappa shape index (κ2) is 9.75. The fraction of sp³-hybridized carbons (Fsp3) is 0.360. The van der Waals surface area contributed by atoms with Crippen LogP contribution in [0.1, 0.15) is 26.7 Å². The van der Waals surface area contributed by atoms with E-state index < -0.39 is 0 Å². The fourth-order valence-corrected chi connectivity index (χ4v) is 5.01. The van der Waals surface area contributed by atoms with Gasteiger partial charge in [-0.1, -0.05) is 41.9 Å². The van der Waals surface area contributed by atoms with E-state index in [9.17, 15) is 9.59 Å². The van der Waals surface area contributed by atoms with Crippen LogP contribution >= 0.6 is 23.2 Å². The normalized spacial score (nSPS) is 15.2. The molecule has 0 saturated carbocycles. The molecule has 1 fully saturated rings. The van der Waals surface area contributed by atoms with Crippen molar-refractivity contribution < 1.29 is 4.79 Å². The highest BCUT2D eigenvalue weighted by atomic mass is 35.5. The Balaban J connectivity index is 1.44. The average Bonchev–Trinajstić information content (AvgIpc) is 3.07. The number of hydrogen-bond donors (Lipinski definition) is 0. The van der Waals surface area contributed by atoms with E-state index in [2.05, 4.69) is 11.5 Å². The summed E-state index contributed by atoms with van der Waals surface area (Å²) in [6, 6.07) is 13.2. The molecule has 4 rings (SSSR count). The number of aromatic nitrogens is 2. The quantitative estimate of drug-likeness (QED) is 0.485. The molecule has 0 atom stereocenters. The summed E-state index contributed by atoms with van der Waals surface area (Å²) in [5, 5.41) is 0.916. The van der Waals surface area contributed by atoms with Crippen LogP contribution in [-0.4, -0.2) is 45.6 Å². The Morgan fingerprint density at radius 3 is 2.30 bits per heavy atom. The summed E-state index contributed by atoms with van der Waals surface area (Å²) < 4.78 is 3.50. The summed E-state index contributed by atoms with van der Waals surface area (Å²) in [5.41, 5.74) is 3.23. The molecule has 2 aromatic carbocycles.